The summed E-state index contributed by atoms with van der Waals surface area (Å²) in [5, 5.41) is 17.5. The number of pyridine rings is 1. The fourth-order valence-electron chi connectivity index (χ4n) is 0.958. The Kier molecular flexibility index (Phi) is 3.22. The zero-order valence-corrected chi connectivity index (χ0v) is 7.77. The topological polar surface area (TPSA) is 106 Å². The Labute approximate surface area is 84.6 Å². The molecule has 0 aliphatic heterocycles. The predicted octanol–water partition coefficient (Wildman–Crippen LogP) is -1.73. The number of methoxy groups -OCH3 is 1. The minimum atomic E-state index is -2.12. The second kappa shape index (κ2) is 4.24. The molecule has 80 valence electrons. The van der Waals surface area contributed by atoms with Gasteiger partial charge in [-0.25, -0.2) is 14.2 Å². The van der Waals surface area contributed by atoms with Crippen molar-refractivity contribution in [3.8, 4) is 0 Å². The minimum absolute atomic E-state index is 0.233. The molecule has 0 radical (unpaired) electrons. The molecule has 0 atom stereocenters. The largest absolute Gasteiger partial charge is 0.511 e. The van der Waals surface area contributed by atoms with E-state index in [1.54, 1.807) is 0 Å². The quantitative estimate of drug-likeness (QED) is 0.399. The first-order chi connectivity index (χ1) is 6.97. The SMILES string of the molecule is COC(=O)c1nc(B(O)O)c(F)cc1N. The Morgan fingerprint density at radius 1 is 1.67 bits per heavy atom. The first-order valence-corrected chi connectivity index (χ1v) is 3.87. The summed E-state index contributed by atoms with van der Waals surface area (Å²) in [7, 11) is -1.02. The number of esters is 1. The summed E-state index contributed by atoms with van der Waals surface area (Å²) >= 11 is 0. The summed E-state index contributed by atoms with van der Waals surface area (Å²) in [6.07, 6.45) is 0. The van der Waals surface area contributed by atoms with Crippen LogP contribution in [-0.2, 0) is 4.74 Å². The number of halogens is 1. The number of nitrogen functional groups attached to an aromatic ring is 1. The van der Waals surface area contributed by atoms with E-state index in [1.807, 2.05) is 0 Å². The lowest BCUT2D eigenvalue weighted by molar-refractivity contribution is 0.0595. The van der Waals surface area contributed by atoms with Gasteiger partial charge in [0.25, 0.3) is 0 Å². The molecular formula is C7H8BFN2O4. The number of rotatable bonds is 2. The number of hydrogen-bond acceptors (Lipinski definition) is 6. The molecule has 0 aromatic carbocycles. The van der Waals surface area contributed by atoms with E-state index in [1.165, 1.54) is 0 Å². The van der Waals surface area contributed by atoms with Gasteiger partial charge in [-0.3, -0.25) is 0 Å². The molecule has 0 spiro atoms. The number of nitrogens with two attached hydrogens (primary N) is 1. The van der Waals surface area contributed by atoms with E-state index in [0.717, 1.165) is 13.2 Å². The number of ether oxygens (including phenoxy) is 1. The molecule has 1 heterocycles. The lowest BCUT2D eigenvalue weighted by atomic mass is 9.85. The fourth-order valence-corrected chi connectivity index (χ4v) is 0.958. The summed E-state index contributed by atoms with van der Waals surface area (Å²) in [5.41, 5.74) is 4.03. The van der Waals surface area contributed by atoms with Crippen LogP contribution >= 0.6 is 0 Å². The van der Waals surface area contributed by atoms with Crippen molar-refractivity contribution in [2.45, 2.75) is 0 Å². The van der Waals surface area contributed by atoms with Crippen molar-refractivity contribution in [1.82, 2.24) is 4.98 Å². The van der Waals surface area contributed by atoms with Gasteiger partial charge < -0.3 is 20.5 Å². The normalized spacial score (nSPS) is 9.87. The van der Waals surface area contributed by atoms with Crippen LogP contribution in [0.3, 0.4) is 0 Å². The Hall–Kier alpha value is -1.67. The molecule has 1 aromatic heterocycles. The Bertz CT molecular complexity index is 399. The Balaban J connectivity index is 3.29. The highest BCUT2D eigenvalue weighted by Gasteiger charge is 2.23. The van der Waals surface area contributed by atoms with Crippen LogP contribution in [0.25, 0.3) is 0 Å². The van der Waals surface area contributed by atoms with E-state index in [-0.39, 0.29) is 11.4 Å². The minimum Gasteiger partial charge on any atom is -0.464 e. The smallest absolute Gasteiger partial charge is 0.464 e. The highest BCUT2D eigenvalue weighted by Crippen LogP contribution is 2.10. The number of carbonyl (C=O) groups excluding carboxylic acids is 1. The third kappa shape index (κ3) is 2.22. The molecule has 0 fully saturated rings. The molecule has 15 heavy (non-hydrogen) atoms. The van der Waals surface area contributed by atoms with Crippen LogP contribution in [0.1, 0.15) is 10.5 Å². The van der Waals surface area contributed by atoms with Crippen molar-refractivity contribution in [3.05, 3.63) is 17.6 Å². The molecule has 0 amide bonds. The molecule has 0 bridgehead atoms. The van der Waals surface area contributed by atoms with E-state index in [2.05, 4.69) is 9.72 Å². The van der Waals surface area contributed by atoms with E-state index >= 15 is 0 Å². The zero-order chi connectivity index (χ0) is 11.6. The number of aromatic nitrogens is 1. The van der Waals surface area contributed by atoms with Crippen molar-refractivity contribution >= 4 is 24.4 Å². The Morgan fingerprint density at radius 3 is 2.73 bits per heavy atom. The van der Waals surface area contributed by atoms with Gasteiger partial charge in [0.15, 0.2) is 5.69 Å². The van der Waals surface area contributed by atoms with Crippen molar-refractivity contribution in [3.63, 3.8) is 0 Å². The number of nitrogens with zero attached hydrogens (tertiary/aromatic N) is 1. The van der Waals surface area contributed by atoms with Crippen molar-refractivity contribution in [1.29, 1.82) is 0 Å². The van der Waals surface area contributed by atoms with Crippen LogP contribution in [0.5, 0.6) is 0 Å². The second-order valence-corrected chi connectivity index (χ2v) is 2.66. The van der Waals surface area contributed by atoms with Crippen LogP contribution in [0.15, 0.2) is 6.07 Å². The van der Waals surface area contributed by atoms with Crippen molar-refractivity contribution < 1.29 is 24.0 Å². The van der Waals surface area contributed by atoms with Gasteiger partial charge in [-0.2, -0.15) is 0 Å². The highest BCUT2D eigenvalue weighted by atomic mass is 19.1. The molecule has 0 unspecified atom stereocenters. The van der Waals surface area contributed by atoms with Crippen LogP contribution in [-0.4, -0.2) is 35.2 Å². The molecular weight excluding hydrogens is 206 g/mol. The van der Waals surface area contributed by atoms with Gasteiger partial charge in [0, 0.05) is 6.07 Å². The second-order valence-electron chi connectivity index (χ2n) is 2.66. The number of carbonyl (C=O) groups is 1. The van der Waals surface area contributed by atoms with Crippen LogP contribution in [0.4, 0.5) is 10.1 Å². The summed E-state index contributed by atoms with van der Waals surface area (Å²) in [5.74, 6) is -1.88. The summed E-state index contributed by atoms with van der Waals surface area (Å²) < 4.78 is 17.4. The summed E-state index contributed by atoms with van der Waals surface area (Å²) in [4.78, 5) is 14.4. The van der Waals surface area contributed by atoms with E-state index < -0.39 is 24.5 Å². The standard InChI is InChI=1S/C7H8BFN2O4/c1-15-7(12)5-4(10)2-3(9)6(11-5)8(13)14/h2,13-14H,10H2,1H3. The molecule has 0 aliphatic carbocycles. The lowest BCUT2D eigenvalue weighted by Crippen LogP contribution is -2.37. The van der Waals surface area contributed by atoms with Crippen LogP contribution in [0.2, 0.25) is 0 Å². The maximum Gasteiger partial charge on any atom is 0.511 e. The van der Waals surface area contributed by atoms with E-state index in [0.29, 0.717) is 0 Å². The molecule has 8 heteroatoms. The summed E-state index contributed by atoms with van der Waals surface area (Å²) in [6.45, 7) is 0. The van der Waals surface area contributed by atoms with Gasteiger partial charge >= 0.3 is 13.1 Å². The molecule has 6 nitrogen and oxygen atoms in total. The maximum absolute atomic E-state index is 13.0. The zero-order valence-electron chi connectivity index (χ0n) is 7.77. The highest BCUT2D eigenvalue weighted by molar-refractivity contribution is 6.57. The fraction of sp³-hybridized carbons (Fsp3) is 0.143. The first-order valence-electron chi connectivity index (χ1n) is 3.87. The van der Waals surface area contributed by atoms with Crippen LogP contribution in [0, 0.1) is 5.82 Å². The molecule has 0 saturated heterocycles. The van der Waals surface area contributed by atoms with Gasteiger partial charge in [-0.1, -0.05) is 0 Å². The van der Waals surface area contributed by atoms with Gasteiger partial charge in [0.2, 0.25) is 0 Å². The number of hydrogen-bond donors (Lipinski definition) is 3. The van der Waals surface area contributed by atoms with Crippen molar-refractivity contribution in [2.75, 3.05) is 12.8 Å². The average molecular weight is 214 g/mol. The lowest BCUT2D eigenvalue weighted by Gasteiger charge is -2.06. The van der Waals surface area contributed by atoms with E-state index in [4.69, 9.17) is 15.8 Å². The maximum atomic E-state index is 13.0. The number of anilines is 1. The molecule has 4 N–H and O–H groups in total. The van der Waals surface area contributed by atoms with Gasteiger partial charge in [-0.15, -0.1) is 0 Å². The van der Waals surface area contributed by atoms with Gasteiger partial charge in [0.1, 0.15) is 11.4 Å². The molecule has 0 aliphatic rings. The molecule has 0 saturated carbocycles. The van der Waals surface area contributed by atoms with Gasteiger partial charge in [0.05, 0.1) is 12.8 Å². The molecule has 1 aromatic rings. The third-order valence-corrected chi connectivity index (χ3v) is 1.66. The predicted molar refractivity (Wildman–Crippen MR) is 49.8 cm³/mol. The molecule has 1 rings (SSSR count). The van der Waals surface area contributed by atoms with Crippen molar-refractivity contribution in [2.24, 2.45) is 0 Å². The first kappa shape index (κ1) is 11.4. The van der Waals surface area contributed by atoms with Gasteiger partial charge in [-0.05, 0) is 0 Å². The Morgan fingerprint density at radius 2 is 2.27 bits per heavy atom. The monoisotopic (exact) mass is 214 g/mol. The third-order valence-electron chi connectivity index (χ3n) is 1.66. The van der Waals surface area contributed by atoms with Crippen LogP contribution < -0.4 is 11.3 Å². The van der Waals surface area contributed by atoms with E-state index in [9.17, 15) is 9.18 Å². The average Bonchev–Trinajstić information content (AvgIpc) is 2.16. The summed E-state index contributed by atoms with van der Waals surface area (Å²) in [6, 6.07) is 0.772.